The van der Waals surface area contributed by atoms with Crippen LogP contribution in [0.4, 0.5) is 5.82 Å². The maximum absolute atomic E-state index is 12.1. The van der Waals surface area contributed by atoms with Crippen molar-refractivity contribution < 1.29 is 19.1 Å². The zero-order valence-corrected chi connectivity index (χ0v) is 17.8. The number of fused-ring (bicyclic) bond motifs is 1. The van der Waals surface area contributed by atoms with Crippen LogP contribution in [0.2, 0.25) is 0 Å². The van der Waals surface area contributed by atoms with Crippen molar-refractivity contribution in [2.75, 3.05) is 18.5 Å². The van der Waals surface area contributed by atoms with E-state index < -0.39 is 17.6 Å². The van der Waals surface area contributed by atoms with E-state index >= 15 is 0 Å². The summed E-state index contributed by atoms with van der Waals surface area (Å²) in [4.78, 5) is 32.5. The molecule has 0 bridgehead atoms. The Labute approximate surface area is 171 Å². The van der Waals surface area contributed by atoms with Crippen LogP contribution < -0.4 is 11.1 Å². The van der Waals surface area contributed by atoms with Gasteiger partial charge in [-0.05, 0) is 47.1 Å². The zero-order valence-electron chi connectivity index (χ0n) is 17.8. The van der Waals surface area contributed by atoms with Crippen LogP contribution in [-0.2, 0) is 25.6 Å². The van der Waals surface area contributed by atoms with Crippen molar-refractivity contribution >= 4 is 28.8 Å². The second kappa shape index (κ2) is 9.69. The van der Waals surface area contributed by atoms with Gasteiger partial charge in [0.25, 0.3) is 0 Å². The van der Waals surface area contributed by atoms with Crippen LogP contribution in [0.3, 0.4) is 0 Å². The van der Waals surface area contributed by atoms with Crippen LogP contribution in [-0.4, -0.2) is 51.3 Å². The Kier molecular flexibility index (Phi) is 7.55. The molecule has 0 saturated heterocycles. The largest absolute Gasteiger partial charge is 0.466 e. The number of esters is 2. The van der Waals surface area contributed by atoms with Gasteiger partial charge >= 0.3 is 11.9 Å². The lowest BCUT2D eigenvalue weighted by Gasteiger charge is -2.22. The van der Waals surface area contributed by atoms with Crippen LogP contribution in [0.25, 0.3) is 11.0 Å². The summed E-state index contributed by atoms with van der Waals surface area (Å²) in [5, 5.41) is 3.96. The lowest BCUT2D eigenvalue weighted by Crippen LogP contribution is -2.42. The van der Waals surface area contributed by atoms with Crippen molar-refractivity contribution in [3.63, 3.8) is 0 Å². The van der Waals surface area contributed by atoms with Gasteiger partial charge in [0, 0.05) is 25.7 Å². The summed E-state index contributed by atoms with van der Waals surface area (Å²) in [6.07, 6.45) is 2.91. The number of aryl methyl sites for hydroxylation is 2. The summed E-state index contributed by atoms with van der Waals surface area (Å²) in [6, 6.07) is 1.09. The fourth-order valence-electron chi connectivity index (χ4n) is 2.78. The van der Waals surface area contributed by atoms with E-state index in [0.717, 1.165) is 11.0 Å². The molecule has 0 unspecified atom stereocenters. The number of carbonyl (C=O) groups is 2. The predicted molar refractivity (Wildman–Crippen MR) is 110 cm³/mol. The lowest BCUT2D eigenvalue weighted by molar-refractivity contribution is -0.156. The number of ether oxygens (including phenoxy) is 2. The van der Waals surface area contributed by atoms with Gasteiger partial charge in [-0.25, -0.2) is 9.97 Å². The molecule has 0 aliphatic carbocycles. The van der Waals surface area contributed by atoms with E-state index in [2.05, 4.69) is 15.3 Å². The van der Waals surface area contributed by atoms with E-state index in [1.807, 2.05) is 16.8 Å². The van der Waals surface area contributed by atoms with Gasteiger partial charge < -0.3 is 25.1 Å². The van der Waals surface area contributed by atoms with Crippen LogP contribution in [0, 0.1) is 6.92 Å². The van der Waals surface area contributed by atoms with E-state index in [9.17, 15) is 9.59 Å². The second-order valence-electron chi connectivity index (χ2n) is 7.80. The van der Waals surface area contributed by atoms with Crippen molar-refractivity contribution in [1.82, 2.24) is 14.5 Å². The molecule has 0 fully saturated rings. The van der Waals surface area contributed by atoms with Gasteiger partial charge in [0.15, 0.2) is 0 Å². The first-order chi connectivity index (χ1) is 13.6. The van der Waals surface area contributed by atoms with Gasteiger partial charge in [0.2, 0.25) is 0 Å². The molecule has 0 amide bonds. The van der Waals surface area contributed by atoms with Crippen molar-refractivity contribution in [3.8, 4) is 0 Å². The summed E-state index contributed by atoms with van der Waals surface area (Å²) in [5.41, 5.74) is 6.12. The molecule has 0 aliphatic heterocycles. The summed E-state index contributed by atoms with van der Waals surface area (Å²) in [5.74, 6) is 0.531. The molecule has 2 aromatic rings. The smallest absolute Gasteiger partial charge is 0.325 e. The Bertz CT molecular complexity index is 856. The highest BCUT2D eigenvalue weighted by Gasteiger charge is 2.22. The maximum Gasteiger partial charge on any atom is 0.325 e. The first-order valence-electron chi connectivity index (χ1n) is 9.82. The summed E-state index contributed by atoms with van der Waals surface area (Å²) in [7, 11) is 0. The van der Waals surface area contributed by atoms with Crippen LogP contribution in [0.15, 0.2) is 12.3 Å². The number of hydrogen-bond acceptors (Lipinski definition) is 8. The Morgan fingerprint density at radius 1 is 1.31 bits per heavy atom. The number of nitrogens with zero attached hydrogens (tertiary/aromatic N) is 3. The molecule has 0 spiro atoms. The topological polar surface area (TPSA) is 121 Å². The average molecular weight is 405 g/mol. The number of rotatable bonds is 9. The van der Waals surface area contributed by atoms with Gasteiger partial charge in [-0.3, -0.25) is 9.59 Å². The minimum atomic E-state index is -0.814. The molecule has 29 heavy (non-hydrogen) atoms. The summed E-state index contributed by atoms with van der Waals surface area (Å²) >= 11 is 0. The molecule has 9 nitrogen and oxygen atoms in total. The van der Waals surface area contributed by atoms with Crippen LogP contribution >= 0.6 is 0 Å². The fourth-order valence-corrected chi connectivity index (χ4v) is 2.78. The molecule has 3 N–H and O–H groups in total. The molecule has 9 heteroatoms. The molecule has 1 atom stereocenters. The standard InChI is InChI=1S/C20H31N5O4/c1-6-28-16(26)8-7-10-25-11-9-14-17(23-13(2)24-18(14)25)22-12-15(21)19(27)29-20(3,4)5/h9,11,15H,6-8,10,12,21H2,1-5H3,(H,22,23,24)/t15-/m0/s1. The maximum atomic E-state index is 12.1. The number of hydrogen-bond donors (Lipinski definition) is 2. The highest BCUT2D eigenvalue weighted by molar-refractivity contribution is 5.88. The quantitative estimate of drug-likeness (QED) is 0.609. The normalized spacial score (nSPS) is 12.6. The Hall–Kier alpha value is -2.68. The average Bonchev–Trinajstić information content (AvgIpc) is 3.01. The molecule has 2 heterocycles. The van der Waals surface area contributed by atoms with Gasteiger partial charge in [-0.1, -0.05) is 0 Å². The predicted octanol–water partition coefficient (Wildman–Crippen LogP) is 2.16. The molecular formula is C20H31N5O4. The summed E-state index contributed by atoms with van der Waals surface area (Å²) in [6.45, 7) is 10.2. The molecule has 0 aromatic carbocycles. The van der Waals surface area contributed by atoms with Crippen molar-refractivity contribution in [2.45, 2.75) is 65.6 Å². The number of nitrogens with two attached hydrogens (primary N) is 1. The van der Waals surface area contributed by atoms with Crippen molar-refractivity contribution in [2.24, 2.45) is 5.73 Å². The number of anilines is 1. The number of aromatic nitrogens is 3. The third-order valence-corrected chi connectivity index (χ3v) is 4.01. The monoisotopic (exact) mass is 405 g/mol. The van der Waals surface area contributed by atoms with Crippen LogP contribution in [0.5, 0.6) is 0 Å². The van der Waals surface area contributed by atoms with Crippen molar-refractivity contribution in [3.05, 3.63) is 18.1 Å². The second-order valence-corrected chi connectivity index (χ2v) is 7.80. The van der Waals surface area contributed by atoms with Gasteiger partial charge in [-0.2, -0.15) is 0 Å². The van der Waals surface area contributed by atoms with E-state index in [-0.39, 0.29) is 12.5 Å². The fraction of sp³-hybridized carbons (Fsp3) is 0.600. The molecule has 0 saturated carbocycles. The number of nitrogens with one attached hydrogen (secondary N) is 1. The number of carbonyl (C=O) groups excluding carboxylic acids is 2. The zero-order chi connectivity index (χ0) is 21.6. The first kappa shape index (κ1) is 22.6. The van der Waals surface area contributed by atoms with Crippen LogP contribution in [0.1, 0.15) is 46.4 Å². The lowest BCUT2D eigenvalue weighted by atomic mass is 10.2. The third kappa shape index (κ3) is 6.70. The highest BCUT2D eigenvalue weighted by Crippen LogP contribution is 2.22. The molecule has 2 aromatic heterocycles. The Morgan fingerprint density at radius 2 is 2.03 bits per heavy atom. The van der Waals surface area contributed by atoms with E-state index in [1.165, 1.54) is 0 Å². The summed E-state index contributed by atoms with van der Waals surface area (Å²) < 4.78 is 12.2. The molecule has 2 rings (SSSR count). The molecule has 0 radical (unpaired) electrons. The SMILES string of the molecule is CCOC(=O)CCCn1ccc2c(NC[C@H](N)C(=O)OC(C)(C)C)nc(C)nc21. The van der Waals surface area contributed by atoms with E-state index in [0.29, 0.717) is 37.6 Å². The molecule has 0 aliphatic rings. The van der Waals surface area contributed by atoms with Crippen molar-refractivity contribution in [1.29, 1.82) is 0 Å². The molecule has 160 valence electrons. The minimum Gasteiger partial charge on any atom is -0.466 e. The Morgan fingerprint density at radius 3 is 2.69 bits per heavy atom. The van der Waals surface area contributed by atoms with Gasteiger partial charge in [0.1, 0.15) is 28.9 Å². The minimum absolute atomic E-state index is 0.189. The van der Waals surface area contributed by atoms with E-state index in [1.54, 1.807) is 34.6 Å². The van der Waals surface area contributed by atoms with E-state index in [4.69, 9.17) is 15.2 Å². The van der Waals surface area contributed by atoms with Gasteiger partial charge in [0.05, 0.1) is 12.0 Å². The Balaban J connectivity index is 2.06. The highest BCUT2D eigenvalue weighted by atomic mass is 16.6. The molecular weight excluding hydrogens is 374 g/mol. The third-order valence-electron chi connectivity index (χ3n) is 4.01. The van der Waals surface area contributed by atoms with Gasteiger partial charge in [-0.15, -0.1) is 0 Å². The first-order valence-corrected chi connectivity index (χ1v) is 9.82.